The van der Waals surface area contributed by atoms with Crippen molar-refractivity contribution in [2.45, 2.75) is 25.9 Å². The van der Waals surface area contributed by atoms with Gasteiger partial charge in [-0.05, 0) is 37.1 Å². The van der Waals surface area contributed by atoms with Crippen LogP contribution in [0.2, 0.25) is 0 Å². The molecule has 24 heavy (non-hydrogen) atoms. The molecule has 3 rings (SSSR count). The number of pyridine rings is 2. The van der Waals surface area contributed by atoms with E-state index in [1.807, 2.05) is 36.1 Å². The first-order chi connectivity index (χ1) is 11.6. The van der Waals surface area contributed by atoms with E-state index < -0.39 is 0 Å². The van der Waals surface area contributed by atoms with Gasteiger partial charge in [0.1, 0.15) is 6.10 Å². The van der Waals surface area contributed by atoms with Gasteiger partial charge in [-0.2, -0.15) is 0 Å². The van der Waals surface area contributed by atoms with Gasteiger partial charge in [0.15, 0.2) is 0 Å². The number of rotatable bonds is 4. The lowest BCUT2D eigenvalue weighted by molar-refractivity contribution is -0.139. The van der Waals surface area contributed by atoms with Crippen molar-refractivity contribution in [3.63, 3.8) is 0 Å². The first kappa shape index (κ1) is 16.4. The molecule has 0 aliphatic carbocycles. The molecule has 0 aromatic carbocycles. The van der Waals surface area contributed by atoms with Gasteiger partial charge in [0, 0.05) is 36.7 Å². The monoisotopic (exact) mass is 326 g/mol. The molecule has 2 aromatic rings. The molecular weight excluding hydrogens is 304 g/mol. The number of aryl methyl sites for hydroxylation is 2. The van der Waals surface area contributed by atoms with Crippen LogP contribution in [0.4, 0.5) is 5.69 Å². The summed E-state index contributed by atoms with van der Waals surface area (Å²) in [5.41, 5.74) is 9.28. The van der Waals surface area contributed by atoms with Crippen LogP contribution < -0.4 is 5.73 Å². The fraction of sp³-hybridized carbons (Fsp3) is 0.389. The molecule has 0 bridgehead atoms. The molecule has 2 N–H and O–H groups in total. The van der Waals surface area contributed by atoms with E-state index in [1.165, 1.54) is 0 Å². The number of ether oxygens (including phenoxy) is 1. The maximum atomic E-state index is 12.5. The number of nitrogen functional groups attached to an aromatic ring is 1. The Morgan fingerprint density at radius 1 is 1.46 bits per heavy atom. The van der Waals surface area contributed by atoms with Crippen LogP contribution in [-0.4, -0.2) is 40.5 Å². The third-order valence-corrected chi connectivity index (χ3v) is 4.09. The zero-order valence-electron chi connectivity index (χ0n) is 13.8. The van der Waals surface area contributed by atoms with Gasteiger partial charge in [-0.3, -0.25) is 14.8 Å². The zero-order chi connectivity index (χ0) is 16.9. The van der Waals surface area contributed by atoms with E-state index in [2.05, 4.69) is 9.97 Å². The van der Waals surface area contributed by atoms with Crippen molar-refractivity contribution in [1.82, 2.24) is 14.9 Å². The maximum Gasteiger partial charge on any atom is 0.223 e. The van der Waals surface area contributed by atoms with Crippen molar-refractivity contribution in [1.29, 1.82) is 0 Å². The number of aromatic nitrogens is 2. The summed E-state index contributed by atoms with van der Waals surface area (Å²) < 4.78 is 5.80. The molecule has 0 spiro atoms. The largest absolute Gasteiger partial charge is 0.399 e. The summed E-state index contributed by atoms with van der Waals surface area (Å²) in [7, 11) is 0. The molecule has 0 unspecified atom stereocenters. The number of nitrogens with two attached hydrogens (primary N) is 1. The van der Waals surface area contributed by atoms with Crippen LogP contribution in [0.5, 0.6) is 0 Å². The summed E-state index contributed by atoms with van der Waals surface area (Å²) in [5, 5.41) is 0. The Morgan fingerprint density at radius 2 is 2.33 bits per heavy atom. The average Bonchev–Trinajstić information content (AvgIpc) is 2.60. The van der Waals surface area contributed by atoms with Gasteiger partial charge in [-0.1, -0.05) is 6.07 Å². The Labute approximate surface area is 141 Å². The van der Waals surface area contributed by atoms with Gasteiger partial charge in [0.2, 0.25) is 5.91 Å². The van der Waals surface area contributed by atoms with E-state index in [0.717, 1.165) is 17.0 Å². The van der Waals surface area contributed by atoms with Gasteiger partial charge >= 0.3 is 0 Å². The lowest BCUT2D eigenvalue weighted by atomic mass is 10.1. The van der Waals surface area contributed by atoms with Crippen molar-refractivity contribution >= 4 is 11.6 Å². The number of nitrogens with zero attached hydrogens (tertiary/aromatic N) is 3. The number of anilines is 1. The molecule has 1 aliphatic rings. The SMILES string of the molecule is Cc1cc(N)cc([C@@H]2CN(C(=O)CCc3cccnc3)CCO2)n1. The smallest absolute Gasteiger partial charge is 0.223 e. The standard InChI is InChI=1S/C18H22N4O2/c1-13-9-15(19)10-16(21-13)17-12-22(7-8-24-17)18(23)5-4-14-3-2-6-20-11-14/h2-3,6,9-11,17H,4-5,7-8,12H2,1H3,(H2,19,21)/t17-/m0/s1. The molecule has 1 saturated heterocycles. The second-order valence-corrected chi connectivity index (χ2v) is 6.03. The quantitative estimate of drug-likeness (QED) is 0.928. The van der Waals surface area contributed by atoms with Crippen molar-refractivity contribution in [3.05, 3.63) is 53.6 Å². The minimum absolute atomic E-state index is 0.132. The molecule has 126 valence electrons. The van der Waals surface area contributed by atoms with Crippen molar-refractivity contribution < 1.29 is 9.53 Å². The highest BCUT2D eigenvalue weighted by Crippen LogP contribution is 2.23. The Hall–Kier alpha value is -2.47. The summed E-state index contributed by atoms with van der Waals surface area (Å²) in [6.07, 6.45) is 4.49. The topological polar surface area (TPSA) is 81.3 Å². The fourth-order valence-corrected chi connectivity index (χ4v) is 2.90. The van der Waals surface area contributed by atoms with E-state index >= 15 is 0 Å². The molecule has 1 amide bonds. The number of morpholine rings is 1. The fourth-order valence-electron chi connectivity index (χ4n) is 2.90. The number of hydrogen-bond acceptors (Lipinski definition) is 5. The minimum atomic E-state index is -0.219. The van der Waals surface area contributed by atoms with Crippen LogP contribution in [-0.2, 0) is 16.0 Å². The molecule has 6 heteroatoms. The maximum absolute atomic E-state index is 12.5. The van der Waals surface area contributed by atoms with E-state index in [4.69, 9.17) is 10.5 Å². The number of hydrogen-bond donors (Lipinski definition) is 1. The number of carbonyl (C=O) groups excluding carboxylic acids is 1. The number of carbonyl (C=O) groups is 1. The Morgan fingerprint density at radius 3 is 3.08 bits per heavy atom. The summed E-state index contributed by atoms with van der Waals surface area (Å²) >= 11 is 0. The number of amides is 1. The van der Waals surface area contributed by atoms with Crippen LogP contribution >= 0.6 is 0 Å². The highest BCUT2D eigenvalue weighted by Gasteiger charge is 2.26. The normalized spacial score (nSPS) is 17.7. The second kappa shape index (κ2) is 7.40. The summed E-state index contributed by atoms with van der Waals surface area (Å²) in [5.74, 6) is 0.132. The summed E-state index contributed by atoms with van der Waals surface area (Å²) in [6, 6.07) is 7.52. The molecule has 2 aromatic heterocycles. The summed E-state index contributed by atoms with van der Waals surface area (Å²) in [6.45, 7) is 3.55. The van der Waals surface area contributed by atoms with Crippen LogP contribution in [0, 0.1) is 6.92 Å². The first-order valence-corrected chi connectivity index (χ1v) is 8.14. The van der Waals surface area contributed by atoms with Crippen LogP contribution in [0.3, 0.4) is 0 Å². The predicted octanol–water partition coefficient (Wildman–Crippen LogP) is 1.90. The molecule has 3 heterocycles. The Kier molecular flexibility index (Phi) is 5.05. The van der Waals surface area contributed by atoms with Crippen LogP contribution in [0.25, 0.3) is 0 Å². The third kappa shape index (κ3) is 4.08. The molecule has 0 radical (unpaired) electrons. The molecule has 1 aliphatic heterocycles. The second-order valence-electron chi connectivity index (χ2n) is 6.03. The van der Waals surface area contributed by atoms with Crippen LogP contribution in [0.15, 0.2) is 36.7 Å². The van der Waals surface area contributed by atoms with E-state index in [9.17, 15) is 4.79 Å². The van der Waals surface area contributed by atoms with Crippen molar-refractivity contribution in [2.24, 2.45) is 0 Å². The molecule has 1 fully saturated rings. The van der Waals surface area contributed by atoms with E-state index in [1.54, 1.807) is 12.4 Å². The van der Waals surface area contributed by atoms with E-state index in [0.29, 0.717) is 38.2 Å². The van der Waals surface area contributed by atoms with Crippen molar-refractivity contribution in [2.75, 3.05) is 25.4 Å². The molecule has 0 saturated carbocycles. The highest BCUT2D eigenvalue weighted by molar-refractivity contribution is 5.76. The van der Waals surface area contributed by atoms with Gasteiger partial charge in [-0.25, -0.2) is 0 Å². The molecule has 6 nitrogen and oxygen atoms in total. The summed E-state index contributed by atoms with van der Waals surface area (Å²) in [4.78, 5) is 22.9. The average molecular weight is 326 g/mol. The predicted molar refractivity (Wildman–Crippen MR) is 91.2 cm³/mol. The van der Waals surface area contributed by atoms with Crippen molar-refractivity contribution in [3.8, 4) is 0 Å². The van der Waals surface area contributed by atoms with Crippen LogP contribution in [0.1, 0.15) is 29.5 Å². The van der Waals surface area contributed by atoms with Gasteiger partial charge < -0.3 is 15.4 Å². The molecule has 1 atom stereocenters. The lowest BCUT2D eigenvalue weighted by Crippen LogP contribution is -2.42. The Bertz CT molecular complexity index is 685. The van der Waals surface area contributed by atoms with Gasteiger partial charge in [0.05, 0.1) is 18.8 Å². The van der Waals surface area contributed by atoms with Gasteiger partial charge in [-0.15, -0.1) is 0 Å². The zero-order valence-corrected chi connectivity index (χ0v) is 13.8. The minimum Gasteiger partial charge on any atom is -0.399 e. The van der Waals surface area contributed by atoms with Gasteiger partial charge in [0.25, 0.3) is 0 Å². The Balaban J connectivity index is 1.61. The lowest BCUT2D eigenvalue weighted by Gasteiger charge is -2.33. The first-order valence-electron chi connectivity index (χ1n) is 8.14. The van der Waals surface area contributed by atoms with E-state index in [-0.39, 0.29) is 12.0 Å². The highest BCUT2D eigenvalue weighted by atomic mass is 16.5. The third-order valence-electron chi connectivity index (χ3n) is 4.09. The molecular formula is C18H22N4O2.